The number of hydrogen-bond donors (Lipinski definition) is 1. The maximum absolute atomic E-state index is 13.8. The minimum Gasteiger partial charge on any atom is -0.378 e. The van der Waals surface area contributed by atoms with E-state index in [1.54, 1.807) is 24.3 Å². The standard InChI is InChI=1S/C19H17F2N9O/c20-15(21)16-24-12-3-1-2-4-13(12)30(16)19-27-17(25-14-11-22-5-6-23-14)26-18(28-19)29-7-9-31-10-8-29/h1-6,11,15H,7-10H2,(H,23,25,26,27,28). The van der Waals surface area contributed by atoms with E-state index >= 15 is 0 Å². The lowest BCUT2D eigenvalue weighted by molar-refractivity contribution is 0.122. The first-order valence-corrected chi connectivity index (χ1v) is 9.57. The molecule has 1 aromatic carbocycles. The van der Waals surface area contributed by atoms with Gasteiger partial charge in [-0.2, -0.15) is 15.0 Å². The van der Waals surface area contributed by atoms with Crippen LogP contribution in [0, 0.1) is 0 Å². The molecule has 10 nitrogen and oxygen atoms in total. The Morgan fingerprint density at radius 3 is 2.55 bits per heavy atom. The summed E-state index contributed by atoms with van der Waals surface area (Å²) in [6.07, 6.45) is 1.75. The molecule has 1 saturated heterocycles. The number of rotatable bonds is 5. The van der Waals surface area contributed by atoms with Crippen molar-refractivity contribution in [2.75, 3.05) is 36.5 Å². The van der Waals surface area contributed by atoms with Crippen molar-refractivity contribution in [2.24, 2.45) is 0 Å². The number of halogens is 2. The van der Waals surface area contributed by atoms with Gasteiger partial charge in [0.25, 0.3) is 6.43 Å². The van der Waals surface area contributed by atoms with Crippen LogP contribution in [0.5, 0.6) is 0 Å². The highest BCUT2D eigenvalue weighted by Gasteiger charge is 2.24. The molecular weight excluding hydrogens is 408 g/mol. The van der Waals surface area contributed by atoms with Gasteiger partial charge < -0.3 is 15.0 Å². The van der Waals surface area contributed by atoms with E-state index in [2.05, 4.69) is 35.2 Å². The topological polar surface area (TPSA) is 107 Å². The number of fused-ring (bicyclic) bond motifs is 1. The minimum atomic E-state index is -2.81. The first-order valence-electron chi connectivity index (χ1n) is 9.57. The minimum absolute atomic E-state index is 0.0342. The number of nitrogens with zero attached hydrogens (tertiary/aromatic N) is 8. The number of hydrogen-bond acceptors (Lipinski definition) is 9. The van der Waals surface area contributed by atoms with Crippen LogP contribution in [-0.2, 0) is 4.74 Å². The van der Waals surface area contributed by atoms with E-state index < -0.39 is 12.2 Å². The molecule has 3 aromatic heterocycles. The molecule has 0 bridgehead atoms. The maximum Gasteiger partial charge on any atom is 0.296 e. The zero-order valence-electron chi connectivity index (χ0n) is 16.2. The molecule has 0 radical (unpaired) electrons. The van der Waals surface area contributed by atoms with Crippen molar-refractivity contribution in [3.63, 3.8) is 0 Å². The lowest BCUT2D eigenvalue weighted by atomic mass is 10.3. The van der Waals surface area contributed by atoms with Gasteiger partial charge in [0.1, 0.15) is 0 Å². The number of alkyl halides is 2. The van der Waals surface area contributed by atoms with Gasteiger partial charge in [0.15, 0.2) is 11.6 Å². The third-order valence-corrected chi connectivity index (χ3v) is 4.69. The number of para-hydroxylation sites is 2. The highest BCUT2D eigenvalue weighted by molar-refractivity contribution is 5.77. The summed E-state index contributed by atoms with van der Waals surface area (Å²) in [6, 6.07) is 6.85. The summed E-state index contributed by atoms with van der Waals surface area (Å²) in [6.45, 7) is 2.18. The number of ether oxygens (including phenoxy) is 1. The second-order valence-corrected chi connectivity index (χ2v) is 6.67. The Balaban J connectivity index is 1.66. The summed E-state index contributed by atoms with van der Waals surface area (Å²) in [5.41, 5.74) is 0.900. The molecule has 0 atom stereocenters. The number of anilines is 3. The van der Waals surface area contributed by atoms with Gasteiger partial charge in [0.2, 0.25) is 17.8 Å². The summed E-state index contributed by atoms with van der Waals surface area (Å²) in [4.78, 5) is 27.5. The SMILES string of the molecule is FC(F)c1nc2ccccc2n1-c1nc(Nc2cnccn2)nc(N2CCOCC2)n1. The van der Waals surface area contributed by atoms with E-state index in [-0.39, 0.29) is 11.9 Å². The molecule has 0 saturated carbocycles. The monoisotopic (exact) mass is 425 g/mol. The van der Waals surface area contributed by atoms with Crippen LogP contribution in [0.3, 0.4) is 0 Å². The number of nitrogens with one attached hydrogen (secondary N) is 1. The molecule has 0 unspecified atom stereocenters. The average molecular weight is 425 g/mol. The van der Waals surface area contributed by atoms with Gasteiger partial charge in [-0.25, -0.2) is 18.7 Å². The van der Waals surface area contributed by atoms with E-state index in [1.165, 1.54) is 23.2 Å². The van der Waals surface area contributed by atoms with Crippen LogP contribution in [0.1, 0.15) is 12.2 Å². The lowest BCUT2D eigenvalue weighted by Gasteiger charge is -2.27. The lowest BCUT2D eigenvalue weighted by Crippen LogP contribution is -2.37. The Kier molecular flexibility index (Phi) is 5.04. The maximum atomic E-state index is 13.8. The molecular formula is C19H17F2N9O. The van der Waals surface area contributed by atoms with Crippen LogP contribution >= 0.6 is 0 Å². The third kappa shape index (κ3) is 3.84. The van der Waals surface area contributed by atoms with E-state index in [1.807, 2.05) is 4.90 Å². The Labute approximate surface area is 175 Å². The van der Waals surface area contributed by atoms with Gasteiger partial charge in [-0.15, -0.1) is 0 Å². The summed E-state index contributed by atoms with van der Waals surface area (Å²) < 4.78 is 34.3. The molecule has 158 valence electrons. The molecule has 1 N–H and O–H groups in total. The van der Waals surface area contributed by atoms with E-state index in [0.717, 1.165) is 0 Å². The fourth-order valence-electron chi connectivity index (χ4n) is 3.29. The van der Waals surface area contributed by atoms with E-state index in [0.29, 0.717) is 49.1 Å². The van der Waals surface area contributed by atoms with Crippen LogP contribution in [0.25, 0.3) is 17.0 Å². The molecule has 0 amide bonds. The van der Waals surface area contributed by atoms with Crippen molar-refractivity contribution in [2.45, 2.75) is 6.43 Å². The van der Waals surface area contributed by atoms with Crippen molar-refractivity contribution in [1.29, 1.82) is 0 Å². The quantitative estimate of drug-likeness (QED) is 0.516. The van der Waals surface area contributed by atoms with Crippen LogP contribution in [0.2, 0.25) is 0 Å². The number of imidazole rings is 1. The molecule has 4 aromatic rings. The van der Waals surface area contributed by atoms with Gasteiger partial charge >= 0.3 is 0 Å². The smallest absolute Gasteiger partial charge is 0.296 e. The third-order valence-electron chi connectivity index (χ3n) is 4.69. The van der Waals surface area contributed by atoms with Crippen LogP contribution in [0.4, 0.5) is 26.5 Å². The zero-order chi connectivity index (χ0) is 21.2. The Hall–Kier alpha value is -3.80. The van der Waals surface area contributed by atoms with Crippen LogP contribution < -0.4 is 10.2 Å². The molecule has 1 fully saturated rings. The van der Waals surface area contributed by atoms with E-state index in [9.17, 15) is 8.78 Å². The molecule has 1 aliphatic heterocycles. The summed E-state index contributed by atoms with van der Waals surface area (Å²) in [5.74, 6) is 0.512. The summed E-state index contributed by atoms with van der Waals surface area (Å²) in [5, 5.41) is 2.97. The predicted octanol–water partition coefficient (Wildman–Crippen LogP) is 2.52. The number of benzene rings is 1. The number of aromatic nitrogens is 7. The van der Waals surface area contributed by atoms with Gasteiger partial charge in [-0.05, 0) is 12.1 Å². The van der Waals surface area contributed by atoms with Crippen molar-refractivity contribution >= 4 is 28.7 Å². The van der Waals surface area contributed by atoms with Crippen molar-refractivity contribution in [3.05, 3.63) is 48.7 Å². The highest BCUT2D eigenvalue weighted by Crippen LogP contribution is 2.28. The Morgan fingerprint density at radius 2 is 1.77 bits per heavy atom. The van der Waals surface area contributed by atoms with Gasteiger partial charge in [0.05, 0.1) is 30.4 Å². The zero-order valence-corrected chi connectivity index (χ0v) is 16.2. The summed E-state index contributed by atoms with van der Waals surface area (Å²) in [7, 11) is 0. The molecule has 31 heavy (non-hydrogen) atoms. The molecule has 1 aliphatic rings. The van der Waals surface area contributed by atoms with Crippen LogP contribution in [-0.4, -0.2) is 60.8 Å². The fourth-order valence-corrected chi connectivity index (χ4v) is 3.29. The predicted molar refractivity (Wildman–Crippen MR) is 108 cm³/mol. The molecule has 0 aliphatic carbocycles. The fraction of sp³-hybridized carbons (Fsp3) is 0.263. The van der Waals surface area contributed by atoms with Crippen molar-refractivity contribution in [1.82, 2.24) is 34.5 Å². The van der Waals surface area contributed by atoms with Gasteiger partial charge in [0, 0.05) is 25.5 Å². The second-order valence-electron chi connectivity index (χ2n) is 6.67. The molecule has 0 spiro atoms. The van der Waals surface area contributed by atoms with Crippen molar-refractivity contribution < 1.29 is 13.5 Å². The van der Waals surface area contributed by atoms with Gasteiger partial charge in [-0.3, -0.25) is 9.55 Å². The largest absolute Gasteiger partial charge is 0.378 e. The first-order chi connectivity index (χ1) is 15.2. The summed E-state index contributed by atoms with van der Waals surface area (Å²) >= 11 is 0. The number of morpholine rings is 1. The molecule has 4 heterocycles. The van der Waals surface area contributed by atoms with Crippen LogP contribution in [0.15, 0.2) is 42.9 Å². The van der Waals surface area contributed by atoms with E-state index in [4.69, 9.17) is 4.74 Å². The average Bonchev–Trinajstić information content (AvgIpc) is 3.20. The first kappa shape index (κ1) is 19.2. The highest BCUT2D eigenvalue weighted by atomic mass is 19.3. The molecule has 12 heteroatoms. The van der Waals surface area contributed by atoms with Crippen molar-refractivity contribution in [3.8, 4) is 5.95 Å². The second kappa shape index (κ2) is 8.14. The molecule has 5 rings (SSSR count). The normalized spacial score (nSPS) is 14.4. The Morgan fingerprint density at radius 1 is 0.968 bits per heavy atom. The Bertz CT molecular complexity index is 1200. The van der Waals surface area contributed by atoms with Gasteiger partial charge in [-0.1, -0.05) is 12.1 Å².